The van der Waals surface area contributed by atoms with E-state index in [4.69, 9.17) is 11.6 Å². The summed E-state index contributed by atoms with van der Waals surface area (Å²) in [7, 11) is 0. The Morgan fingerprint density at radius 1 is 1.07 bits per heavy atom. The lowest BCUT2D eigenvalue weighted by atomic mass is 9.99. The van der Waals surface area contributed by atoms with Crippen LogP contribution in [-0.4, -0.2) is 41.8 Å². The third-order valence-corrected chi connectivity index (χ3v) is 5.34. The van der Waals surface area contributed by atoms with Crippen LogP contribution < -0.4 is 10.6 Å². The Morgan fingerprint density at radius 2 is 1.73 bits per heavy atom. The second kappa shape index (κ2) is 9.30. The Hall–Kier alpha value is -2.86. The van der Waals surface area contributed by atoms with E-state index in [1.54, 1.807) is 23.1 Å². The third-order valence-electron chi connectivity index (χ3n) is 5.09. The van der Waals surface area contributed by atoms with Crippen molar-refractivity contribution >= 4 is 29.3 Å². The highest BCUT2D eigenvalue weighted by Crippen LogP contribution is 2.35. The largest absolute Gasteiger partial charge is 0.352 e. The van der Waals surface area contributed by atoms with Crippen LogP contribution in [0, 0.1) is 0 Å². The highest BCUT2D eigenvalue weighted by molar-refractivity contribution is 6.30. The van der Waals surface area contributed by atoms with E-state index in [0.29, 0.717) is 22.7 Å². The van der Waals surface area contributed by atoms with Gasteiger partial charge >= 0.3 is 0 Å². The molecule has 2 unspecified atom stereocenters. The minimum atomic E-state index is -0.768. The number of nitrogens with zero attached hydrogens (tertiary/aromatic N) is 1. The first kappa shape index (κ1) is 21.8. The monoisotopic (exact) mass is 427 g/mol. The van der Waals surface area contributed by atoms with Gasteiger partial charge in [0, 0.05) is 23.2 Å². The molecule has 0 bridgehead atoms. The Kier molecular flexibility index (Phi) is 6.77. The molecule has 0 saturated heterocycles. The van der Waals surface area contributed by atoms with Crippen LogP contribution in [0.1, 0.15) is 54.2 Å². The van der Waals surface area contributed by atoms with Gasteiger partial charge in [-0.1, -0.05) is 48.9 Å². The summed E-state index contributed by atoms with van der Waals surface area (Å²) in [5.41, 5.74) is 2.21. The molecule has 1 aliphatic heterocycles. The molecule has 3 rings (SSSR count). The lowest BCUT2D eigenvalue weighted by molar-refractivity contribution is -0.129. The van der Waals surface area contributed by atoms with Gasteiger partial charge in [0.2, 0.25) is 11.8 Å². The van der Waals surface area contributed by atoms with E-state index in [0.717, 1.165) is 5.56 Å². The van der Waals surface area contributed by atoms with Gasteiger partial charge in [-0.15, -0.1) is 0 Å². The average molecular weight is 428 g/mol. The molecule has 2 aromatic rings. The van der Waals surface area contributed by atoms with Gasteiger partial charge < -0.3 is 15.5 Å². The van der Waals surface area contributed by atoms with Gasteiger partial charge in [-0.05, 0) is 49.1 Å². The molecule has 0 fully saturated rings. The fraction of sp³-hybridized carbons (Fsp3) is 0.348. The predicted molar refractivity (Wildman–Crippen MR) is 116 cm³/mol. The van der Waals surface area contributed by atoms with Crippen molar-refractivity contribution in [2.75, 3.05) is 13.1 Å². The minimum Gasteiger partial charge on any atom is -0.352 e. The smallest absolute Gasteiger partial charge is 0.255 e. The molecule has 0 spiro atoms. The summed E-state index contributed by atoms with van der Waals surface area (Å²) in [6.07, 6.45) is 0. The first-order valence-electron chi connectivity index (χ1n) is 10.0. The van der Waals surface area contributed by atoms with Crippen molar-refractivity contribution in [1.29, 1.82) is 0 Å². The standard InChI is InChI=1S/C23H26ClN3O3/c1-14(2)26-20(28)12-25-22(29)21-18-6-4-5-7-19(18)23(30)27(21)13-15(3)16-8-10-17(24)11-9-16/h4-11,14-15,21H,12-13H2,1-3H3,(H,25,29)(H,26,28). The SMILES string of the molecule is CC(C)NC(=O)CNC(=O)C1c2ccccc2C(=O)N1CC(C)c1ccc(Cl)cc1. The van der Waals surface area contributed by atoms with Gasteiger partial charge in [-0.2, -0.15) is 0 Å². The number of hydrogen-bond acceptors (Lipinski definition) is 3. The molecule has 2 N–H and O–H groups in total. The number of amides is 3. The summed E-state index contributed by atoms with van der Waals surface area (Å²) < 4.78 is 0. The number of nitrogens with one attached hydrogen (secondary N) is 2. The van der Waals surface area contributed by atoms with Gasteiger partial charge in [0.25, 0.3) is 5.91 Å². The second-order valence-corrected chi connectivity index (χ2v) is 8.28. The number of carbonyl (C=O) groups excluding carboxylic acids is 3. The van der Waals surface area contributed by atoms with Crippen LogP contribution in [-0.2, 0) is 9.59 Å². The van der Waals surface area contributed by atoms with E-state index in [1.807, 2.05) is 51.1 Å². The van der Waals surface area contributed by atoms with Crippen LogP contribution in [0.25, 0.3) is 0 Å². The number of carbonyl (C=O) groups is 3. The van der Waals surface area contributed by atoms with E-state index in [-0.39, 0.29) is 36.2 Å². The molecule has 1 aliphatic rings. The minimum absolute atomic E-state index is 0.0000634. The van der Waals surface area contributed by atoms with Crippen LogP contribution in [0.2, 0.25) is 5.02 Å². The topological polar surface area (TPSA) is 78.5 Å². The van der Waals surface area contributed by atoms with Gasteiger partial charge in [-0.3, -0.25) is 14.4 Å². The maximum atomic E-state index is 13.1. The van der Waals surface area contributed by atoms with Crippen LogP contribution in [0.5, 0.6) is 0 Å². The summed E-state index contributed by atoms with van der Waals surface area (Å²) in [6.45, 7) is 5.94. The molecule has 1 heterocycles. The summed E-state index contributed by atoms with van der Waals surface area (Å²) in [5, 5.41) is 6.07. The lowest BCUT2D eigenvalue weighted by Crippen LogP contribution is -2.45. The van der Waals surface area contributed by atoms with Crippen molar-refractivity contribution < 1.29 is 14.4 Å². The van der Waals surface area contributed by atoms with Gasteiger partial charge in [0.05, 0.1) is 6.54 Å². The zero-order valence-corrected chi connectivity index (χ0v) is 18.1. The van der Waals surface area contributed by atoms with Crippen LogP contribution in [0.4, 0.5) is 0 Å². The molecule has 30 heavy (non-hydrogen) atoms. The second-order valence-electron chi connectivity index (χ2n) is 7.84. The Morgan fingerprint density at radius 3 is 2.40 bits per heavy atom. The lowest BCUT2D eigenvalue weighted by Gasteiger charge is -2.27. The third kappa shape index (κ3) is 4.82. The van der Waals surface area contributed by atoms with Crippen molar-refractivity contribution in [3.05, 3.63) is 70.2 Å². The van der Waals surface area contributed by atoms with Gasteiger partial charge in [-0.25, -0.2) is 0 Å². The highest BCUT2D eigenvalue weighted by atomic mass is 35.5. The van der Waals surface area contributed by atoms with Crippen molar-refractivity contribution in [1.82, 2.24) is 15.5 Å². The number of rotatable bonds is 7. The summed E-state index contributed by atoms with van der Waals surface area (Å²) >= 11 is 5.98. The summed E-state index contributed by atoms with van der Waals surface area (Å²) in [4.78, 5) is 39.6. The Bertz CT molecular complexity index is 943. The molecule has 2 aromatic carbocycles. The quantitative estimate of drug-likeness (QED) is 0.711. The van der Waals surface area contributed by atoms with E-state index in [2.05, 4.69) is 10.6 Å². The van der Waals surface area contributed by atoms with Crippen molar-refractivity contribution in [3.8, 4) is 0 Å². The van der Waals surface area contributed by atoms with Crippen molar-refractivity contribution in [2.24, 2.45) is 0 Å². The molecule has 6 nitrogen and oxygen atoms in total. The van der Waals surface area contributed by atoms with Gasteiger partial charge in [0.15, 0.2) is 0 Å². The zero-order valence-electron chi connectivity index (χ0n) is 17.3. The molecule has 0 radical (unpaired) electrons. The van der Waals surface area contributed by atoms with E-state index >= 15 is 0 Å². The fourth-order valence-electron chi connectivity index (χ4n) is 3.67. The van der Waals surface area contributed by atoms with Gasteiger partial charge in [0.1, 0.15) is 6.04 Å². The Labute approximate surface area is 181 Å². The summed E-state index contributed by atoms with van der Waals surface area (Å²) in [5.74, 6) is -0.814. The summed E-state index contributed by atoms with van der Waals surface area (Å²) in [6, 6.07) is 13.8. The molecule has 3 amide bonds. The maximum absolute atomic E-state index is 13.1. The van der Waals surface area contributed by atoms with Crippen molar-refractivity contribution in [3.63, 3.8) is 0 Å². The molecule has 0 saturated carbocycles. The first-order chi connectivity index (χ1) is 14.3. The van der Waals surface area contributed by atoms with E-state index in [1.165, 1.54) is 0 Å². The molecule has 158 valence electrons. The molecular weight excluding hydrogens is 402 g/mol. The van der Waals surface area contributed by atoms with E-state index < -0.39 is 6.04 Å². The average Bonchev–Trinajstić information content (AvgIpc) is 2.98. The zero-order chi connectivity index (χ0) is 21.8. The first-order valence-corrected chi connectivity index (χ1v) is 10.4. The van der Waals surface area contributed by atoms with Crippen LogP contribution >= 0.6 is 11.6 Å². The van der Waals surface area contributed by atoms with Crippen LogP contribution in [0.3, 0.4) is 0 Å². The number of halogens is 1. The molecular formula is C23H26ClN3O3. The van der Waals surface area contributed by atoms with Crippen LogP contribution in [0.15, 0.2) is 48.5 Å². The normalized spacial score (nSPS) is 16.4. The maximum Gasteiger partial charge on any atom is 0.255 e. The van der Waals surface area contributed by atoms with E-state index in [9.17, 15) is 14.4 Å². The molecule has 0 aromatic heterocycles. The fourth-order valence-corrected chi connectivity index (χ4v) is 3.80. The molecule has 2 atom stereocenters. The highest BCUT2D eigenvalue weighted by Gasteiger charge is 2.41. The predicted octanol–water partition coefficient (Wildman–Crippen LogP) is 3.28. The molecule has 0 aliphatic carbocycles. The number of benzene rings is 2. The number of hydrogen-bond donors (Lipinski definition) is 2. The number of fused-ring (bicyclic) bond motifs is 1. The Balaban J connectivity index is 1.80. The van der Waals surface area contributed by atoms with Crippen molar-refractivity contribution in [2.45, 2.75) is 38.8 Å². The molecule has 7 heteroatoms.